The Morgan fingerprint density at radius 1 is 0.571 bits per heavy atom. The van der Waals surface area contributed by atoms with E-state index in [1.54, 1.807) is 6.08 Å². The molecule has 0 saturated heterocycles. The van der Waals surface area contributed by atoms with Gasteiger partial charge in [0.05, 0.1) is 0 Å². The summed E-state index contributed by atoms with van der Waals surface area (Å²) in [5, 5.41) is 1.18. The van der Waals surface area contributed by atoms with Crippen LogP contribution in [0.2, 0.25) is 0 Å². The minimum Gasteiger partial charge on any atom is -1.00 e. The van der Waals surface area contributed by atoms with Crippen LogP contribution < -0.4 is 17.0 Å². The van der Waals surface area contributed by atoms with Crippen LogP contribution in [0.4, 0.5) is 0 Å². The first-order valence-corrected chi connectivity index (χ1v) is 9.63. The van der Waals surface area contributed by atoms with Crippen LogP contribution >= 0.6 is 15.9 Å². The van der Waals surface area contributed by atoms with Gasteiger partial charge in [0.1, 0.15) is 0 Å². The van der Waals surface area contributed by atoms with Gasteiger partial charge >= 0.3 is 23.1 Å². The molecule has 122 valence electrons. The SMILES string of the molecule is [Br-].[CH-]=CCCCCCCCCCCCCCCCCBr.[Mg+2]. The van der Waals surface area contributed by atoms with Crippen molar-refractivity contribution >= 4 is 39.0 Å². The molecule has 0 aromatic rings. The van der Waals surface area contributed by atoms with Crippen LogP contribution in [0.25, 0.3) is 0 Å². The number of hydrogen-bond acceptors (Lipinski definition) is 0. The minimum atomic E-state index is 0. The molecule has 0 bridgehead atoms. The van der Waals surface area contributed by atoms with Crippen LogP contribution in [0.1, 0.15) is 96.3 Å². The Morgan fingerprint density at radius 2 is 0.857 bits per heavy atom. The zero-order chi connectivity index (χ0) is 14.0. The molecule has 0 unspecified atom stereocenters. The van der Waals surface area contributed by atoms with Gasteiger partial charge in [0, 0.05) is 5.33 Å². The van der Waals surface area contributed by atoms with Crippen molar-refractivity contribution in [3.8, 4) is 0 Å². The maximum Gasteiger partial charge on any atom is 2.00 e. The molecular weight excluding hydrogens is 400 g/mol. The second-order valence-corrected chi connectivity index (χ2v) is 6.46. The molecule has 0 aliphatic rings. The van der Waals surface area contributed by atoms with Gasteiger partial charge in [-0.05, 0) is 6.42 Å². The predicted molar refractivity (Wildman–Crippen MR) is 97.7 cm³/mol. The van der Waals surface area contributed by atoms with E-state index in [0.717, 1.165) is 6.42 Å². The Balaban J connectivity index is -0.00000162. The third kappa shape index (κ3) is 26.7. The Kier molecular flexibility index (Phi) is 34.3. The zero-order valence-electron chi connectivity index (χ0n) is 13.9. The van der Waals surface area contributed by atoms with E-state index in [9.17, 15) is 0 Å². The molecule has 3 heteroatoms. The smallest absolute Gasteiger partial charge is 1.00 e. The molecule has 21 heavy (non-hydrogen) atoms. The molecule has 0 amide bonds. The summed E-state index contributed by atoms with van der Waals surface area (Å²) < 4.78 is 0. The molecule has 0 aliphatic carbocycles. The van der Waals surface area contributed by atoms with Crippen LogP contribution in [-0.4, -0.2) is 28.4 Å². The molecule has 0 aromatic heterocycles. The zero-order valence-corrected chi connectivity index (χ0v) is 18.5. The summed E-state index contributed by atoms with van der Waals surface area (Å²) in [6, 6.07) is 0. The molecule has 0 spiro atoms. The van der Waals surface area contributed by atoms with Gasteiger partial charge in [-0.2, -0.15) is 0 Å². The summed E-state index contributed by atoms with van der Waals surface area (Å²) in [4.78, 5) is 0. The quantitative estimate of drug-likeness (QED) is 0.150. The maximum atomic E-state index is 5.36. The molecule has 0 aliphatic heterocycles. The molecule has 0 heterocycles. The van der Waals surface area contributed by atoms with Crippen LogP contribution in [0.15, 0.2) is 6.08 Å². The second kappa shape index (κ2) is 26.4. The Bertz CT molecular complexity index is 175. The molecule has 0 aromatic carbocycles. The molecule has 0 rings (SSSR count). The number of alkyl halides is 1. The normalized spacial score (nSPS) is 9.76. The van der Waals surface area contributed by atoms with E-state index in [1.165, 1.54) is 95.2 Å². The molecule has 0 radical (unpaired) electrons. The van der Waals surface area contributed by atoms with Crippen molar-refractivity contribution in [1.82, 2.24) is 0 Å². The summed E-state index contributed by atoms with van der Waals surface area (Å²) in [5.74, 6) is 0. The number of unbranched alkanes of at least 4 members (excludes halogenated alkanes) is 14. The summed E-state index contributed by atoms with van der Waals surface area (Å²) in [5.41, 5.74) is 0. The van der Waals surface area contributed by atoms with Gasteiger partial charge in [0.2, 0.25) is 0 Å². The molecular formula is C18H34Br2Mg. The topological polar surface area (TPSA) is 0 Å². The average molecular weight is 435 g/mol. The molecule has 0 saturated carbocycles. The van der Waals surface area contributed by atoms with E-state index in [0.29, 0.717) is 0 Å². The summed E-state index contributed by atoms with van der Waals surface area (Å²) in [7, 11) is 0. The number of hydrogen-bond donors (Lipinski definition) is 0. The van der Waals surface area contributed by atoms with E-state index in [2.05, 4.69) is 15.9 Å². The van der Waals surface area contributed by atoms with Gasteiger partial charge in [-0.15, -0.1) is 0 Å². The van der Waals surface area contributed by atoms with E-state index < -0.39 is 0 Å². The van der Waals surface area contributed by atoms with E-state index >= 15 is 0 Å². The Labute approximate surface area is 169 Å². The number of rotatable bonds is 16. The van der Waals surface area contributed by atoms with Gasteiger partial charge in [-0.25, -0.2) is 0 Å². The van der Waals surface area contributed by atoms with Crippen LogP contribution in [0.3, 0.4) is 0 Å². The van der Waals surface area contributed by atoms with Crippen molar-refractivity contribution in [2.75, 3.05) is 5.33 Å². The van der Waals surface area contributed by atoms with Crippen molar-refractivity contribution in [2.45, 2.75) is 96.3 Å². The Morgan fingerprint density at radius 3 is 1.14 bits per heavy atom. The fourth-order valence-electron chi connectivity index (χ4n) is 2.48. The predicted octanol–water partition coefficient (Wildman–Crippen LogP) is 3.85. The monoisotopic (exact) mass is 432 g/mol. The van der Waals surface area contributed by atoms with Crippen molar-refractivity contribution in [2.24, 2.45) is 0 Å². The van der Waals surface area contributed by atoms with Crippen LogP contribution in [0, 0.1) is 6.58 Å². The fourth-order valence-corrected chi connectivity index (χ4v) is 2.87. The van der Waals surface area contributed by atoms with Crippen molar-refractivity contribution in [3.05, 3.63) is 12.7 Å². The van der Waals surface area contributed by atoms with Crippen molar-refractivity contribution in [1.29, 1.82) is 0 Å². The molecule has 0 atom stereocenters. The fraction of sp³-hybridized carbons (Fsp3) is 0.889. The number of halogens is 2. The standard InChI is InChI=1S/C18H34Br.BrH.Mg/c1-2-3-4-5-6-7-8-9-10-11-12-13-14-15-16-17-18-19;;/h1-2H,3-18H2;1H;/q-1;;+2/p-1. The van der Waals surface area contributed by atoms with Gasteiger partial charge in [-0.1, -0.05) is 106 Å². The molecule has 0 fully saturated rings. The number of allylic oxidation sites excluding steroid dienone is 1. The molecule has 0 nitrogen and oxygen atoms in total. The summed E-state index contributed by atoms with van der Waals surface area (Å²) in [6.07, 6.45) is 22.7. The first kappa shape index (κ1) is 27.3. The third-order valence-corrected chi connectivity index (χ3v) is 4.32. The summed E-state index contributed by atoms with van der Waals surface area (Å²) >= 11 is 3.48. The summed E-state index contributed by atoms with van der Waals surface area (Å²) in [6.45, 7) is 5.36. The van der Waals surface area contributed by atoms with Crippen LogP contribution in [-0.2, 0) is 0 Å². The van der Waals surface area contributed by atoms with Crippen molar-refractivity contribution < 1.29 is 17.0 Å². The first-order valence-electron chi connectivity index (χ1n) is 8.51. The average Bonchev–Trinajstić information content (AvgIpc) is 2.43. The minimum absolute atomic E-state index is 0. The van der Waals surface area contributed by atoms with Gasteiger partial charge in [-0.3, -0.25) is 6.08 Å². The van der Waals surface area contributed by atoms with E-state index in [1.807, 2.05) is 0 Å². The largest absolute Gasteiger partial charge is 2.00 e. The molecule has 0 N–H and O–H groups in total. The maximum absolute atomic E-state index is 5.36. The van der Waals surface area contributed by atoms with Crippen LogP contribution in [0.5, 0.6) is 0 Å². The first-order chi connectivity index (χ1) is 9.41. The Hall–Kier alpha value is 1.47. The second-order valence-electron chi connectivity index (χ2n) is 5.66. The van der Waals surface area contributed by atoms with Crippen molar-refractivity contribution in [3.63, 3.8) is 0 Å². The van der Waals surface area contributed by atoms with Gasteiger partial charge in [0.15, 0.2) is 0 Å². The van der Waals surface area contributed by atoms with E-state index in [-0.39, 0.29) is 40.0 Å². The third-order valence-electron chi connectivity index (χ3n) is 3.75. The van der Waals surface area contributed by atoms with Gasteiger partial charge < -0.3 is 23.6 Å². The van der Waals surface area contributed by atoms with E-state index in [4.69, 9.17) is 6.58 Å². The van der Waals surface area contributed by atoms with Gasteiger partial charge in [0.25, 0.3) is 0 Å².